The highest BCUT2D eigenvalue weighted by atomic mass is 127. The highest BCUT2D eigenvalue weighted by Gasteiger charge is 2.18. The lowest BCUT2D eigenvalue weighted by molar-refractivity contribution is 0.0322. The van der Waals surface area contributed by atoms with E-state index in [0.29, 0.717) is 12.6 Å². The molecule has 3 rings (SSSR count). The van der Waals surface area contributed by atoms with Crippen molar-refractivity contribution in [2.45, 2.75) is 45.2 Å². The van der Waals surface area contributed by atoms with Gasteiger partial charge >= 0.3 is 0 Å². The van der Waals surface area contributed by atoms with Gasteiger partial charge in [0.1, 0.15) is 12.4 Å². The number of aliphatic imine (C=N–C) groups is 1. The van der Waals surface area contributed by atoms with Gasteiger partial charge in [-0.3, -0.25) is 9.89 Å². The first-order chi connectivity index (χ1) is 13.7. The number of nitrogens with zero attached hydrogens (tertiary/aromatic N) is 2. The molecule has 0 atom stereocenters. The van der Waals surface area contributed by atoms with Crippen molar-refractivity contribution in [2.75, 3.05) is 46.5 Å². The van der Waals surface area contributed by atoms with Gasteiger partial charge in [0, 0.05) is 39.3 Å². The van der Waals surface area contributed by atoms with Crippen molar-refractivity contribution in [3.8, 4) is 5.75 Å². The largest absolute Gasteiger partial charge is 0.492 e. The van der Waals surface area contributed by atoms with Crippen LogP contribution in [0.15, 0.2) is 29.3 Å². The Morgan fingerprint density at radius 3 is 2.69 bits per heavy atom. The number of guanidine groups is 1. The Morgan fingerprint density at radius 2 is 1.97 bits per heavy atom. The number of hydrogen-bond donors (Lipinski definition) is 2. The molecule has 1 aromatic carbocycles. The summed E-state index contributed by atoms with van der Waals surface area (Å²) in [5.74, 6) is 2.67. The Labute approximate surface area is 192 Å². The van der Waals surface area contributed by atoms with Gasteiger partial charge in [-0.15, -0.1) is 24.0 Å². The van der Waals surface area contributed by atoms with Crippen LogP contribution >= 0.6 is 24.0 Å². The monoisotopic (exact) mass is 516 g/mol. The van der Waals surface area contributed by atoms with Gasteiger partial charge in [-0.1, -0.05) is 19.1 Å². The van der Waals surface area contributed by atoms with Gasteiger partial charge in [0.15, 0.2) is 5.96 Å². The van der Waals surface area contributed by atoms with E-state index in [1.807, 2.05) is 13.1 Å². The summed E-state index contributed by atoms with van der Waals surface area (Å²) in [6.07, 6.45) is 5.07. The van der Waals surface area contributed by atoms with Crippen molar-refractivity contribution < 1.29 is 9.47 Å². The van der Waals surface area contributed by atoms with Crippen LogP contribution in [0.3, 0.4) is 0 Å². The van der Waals surface area contributed by atoms with Gasteiger partial charge in [-0.25, -0.2) is 0 Å². The van der Waals surface area contributed by atoms with Crippen LogP contribution in [-0.4, -0.2) is 63.4 Å². The summed E-state index contributed by atoms with van der Waals surface area (Å²) in [4.78, 5) is 6.77. The third-order valence-electron chi connectivity index (χ3n) is 5.72. The molecule has 0 bridgehead atoms. The molecule has 0 unspecified atom stereocenters. The van der Waals surface area contributed by atoms with Crippen LogP contribution in [0.5, 0.6) is 5.75 Å². The van der Waals surface area contributed by atoms with E-state index in [9.17, 15) is 0 Å². The second-order valence-corrected chi connectivity index (χ2v) is 7.98. The molecule has 7 heteroatoms. The molecule has 1 saturated carbocycles. The fourth-order valence-corrected chi connectivity index (χ4v) is 3.84. The molecule has 1 aliphatic carbocycles. The third-order valence-corrected chi connectivity index (χ3v) is 5.72. The lowest BCUT2D eigenvalue weighted by Gasteiger charge is -2.28. The van der Waals surface area contributed by atoms with E-state index in [2.05, 4.69) is 45.6 Å². The summed E-state index contributed by atoms with van der Waals surface area (Å²) in [5.41, 5.74) is 1.20. The maximum Gasteiger partial charge on any atom is 0.191 e. The van der Waals surface area contributed by atoms with Crippen LogP contribution in [0.2, 0.25) is 0 Å². The zero-order valence-corrected chi connectivity index (χ0v) is 20.2. The predicted octanol–water partition coefficient (Wildman–Crippen LogP) is 3.26. The molecule has 0 spiro atoms. The first-order valence-corrected chi connectivity index (χ1v) is 10.7. The van der Waals surface area contributed by atoms with Gasteiger partial charge in [0.05, 0.1) is 13.2 Å². The predicted molar refractivity (Wildman–Crippen MR) is 129 cm³/mol. The van der Waals surface area contributed by atoms with E-state index >= 15 is 0 Å². The second kappa shape index (κ2) is 13.3. The van der Waals surface area contributed by atoms with Crippen LogP contribution in [0.4, 0.5) is 0 Å². The quantitative estimate of drug-likeness (QED) is 0.331. The number of rotatable bonds is 7. The first-order valence-electron chi connectivity index (χ1n) is 10.7. The lowest BCUT2D eigenvalue weighted by atomic mass is 9.87. The van der Waals surface area contributed by atoms with Gasteiger partial charge in [0.25, 0.3) is 0 Å². The number of hydrogen-bond acceptors (Lipinski definition) is 4. The molecular formula is C22H37IN4O2. The molecule has 2 fully saturated rings. The topological polar surface area (TPSA) is 58.1 Å². The molecule has 2 aliphatic rings. The van der Waals surface area contributed by atoms with Crippen molar-refractivity contribution in [1.82, 2.24) is 15.5 Å². The summed E-state index contributed by atoms with van der Waals surface area (Å²) in [5, 5.41) is 7.01. The molecule has 0 aromatic heterocycles. The van der Waals surface area contributed by atoms with Crippen molar-refractivity contribution >= 4 is 29.9 Å². The van der Waals surface area contributed by atoms with Gasteiger partial charge in [-0.2, -0.15) is 0 Å². The Hall–Kier alpha value is -1.06. The van der Waals surface area contributed by atoms with E-state index < -0.39 is 0 Å². The van der Waals surface area contributed by atoms with Crippen molar-refractivity contribution in [3.63, 3.8) is 0 Å². The highest BCUT2D eigenvalue weighted by Crippen LogP contribution is 2.23. The first kappa shape index (κ1) is 24.2. The van der Waals surface area contributed by atoms with Crippen molar-refractivity contribution in [2.24, 2.45) is 10.9 Å². The molecule has 2 N–H and O–H groups in total. The van der Waals surface area contributed by atoms with Gasteiger partial charge in [0.2, 0.25) is 0 Å². The molecule has 164 valence electrons. The summed E-state index contributed by atoms with van der Waals surface area (Å²) in [7, 11) is 1.84. The van der Waals surface area contributed by atoms with E-state index in [-0.39, 0.29) is 24.0 Å². The molecule has 29 heavy (non-hydrogen) atoms. The van der Waals surface area contributed by atoms with Crippen molar-refractivity contribution in [1.29, 1.82) is 0 Å². The molecule has 6 nitrogen and oxygen atoms in total. The van der Waals surface area contributed by atoms with Crippen molar-refractivity contribution in [3.05, 3.63) is 29.8 Å². The van der Waals surface area contributed by atoms with Crippen LogP contribution in [-0.2, 0) is 11.3 Å². The minimum Gasteiger partial charge on any atom is -0.492 e. The minimum atomic E-state index is 0. The van der Waals surface area contributed by atoms with E-state index in [1.54, 1.807) is 0 Å². The minimum absolute atomic E-state index is 0. The van der Waals surface area contributed by atoms with Crippen LogP contribution < -0.4 is 15.4 Å². The Kier molecular flexibility index (Phi) is 11.1. The highest BCUT2D eigenvalue weighted by molar-refractivity contribution is 14.0. The fraction of sp³-hybridized carbons (Fsp3) is 0.682. The summed E-state index contributed by atoms with van der Waals surface area (Å²) in [6.45, 7) is 8.40. The smallest absolute Gasteiger partial charge is 0.191 e. The summed E-state index contributed by atoms with van der Waals surface area (Å²) < 4.78 is 11.3. The number of halogens is 1. The molecular weight excluding hydrogens is 479 g/mol. The molecule has 0 amide bonds. The van der Waals surface area contributed by atoms with Crippen LogP contribution in [0, 0.1) is 5.92 Å². The zero-order chi connectivity index (χ0) is 19.6. The fourth-order valence-electron chi connectivity index (χ4n) is 3.84. The number of ether oxygens (including phenoxy) is 2. The molecule has 1 heterocycles. The average Bonchev–Trinajstić information content (AvgIpc) is 2.73. The Morgan fingerprint density at radius 1 is 1.21 bits per heavy atom. The van der Waals surface area contributed by atoms with E-state index in [0.717, 1.165) is 57.0 Å². The summed E-state index contributed by atoms with van der Waals surface area (Å²) >= 11 is 0. The molecule has 1 saturated heterocycles. The lowest BCUT2D eigenvalue weighted by Crippen LogP contribution is -2.44. The molecule has 1 aromatic rings. The standard InChI is InChI=1S/C22H36N4O2.HI/c1-18-6-8-20(9-7-18)25-22(23-2)24-17-19-4-3-5-21(16-19)28-15-12-26-10-13-27-14-11-26;/h3-5,16,18,20H,6-15,17H2,1-2H3,(H2,23,24,25);1H. The van der Waals surface area contributed by atoms with Crippen LogP contribution in [0.1, 0.15) is 38.2 Å². The maximum atomic E-state index is 5.96. The second-order valence-electron chi connectivity index (χ2n) is 7.98. The third kappa shape index (κ3) is 8.68. The maximum absolute atomic E-state index is 5.96. The number of benzene rings is 1. The normalized spacial score (nSPS) is 23.2. The molecule has 1 aliphatic heterocycles. The van der Waals surface area contributed by atoms with Crippen LogP contribution in [0.25, 0.3) is 0 Å². The summed E-state index contributed by atoms with van der Waals surface area (Å²) in [6, 6.07) is 8.86. The average molecular weight is 516 g/mol. The number of morpholine rings is 1. The van der Waals surface area contributed by atoms with Gasteiger partial charge in [-0.05, 0) is 49.3 Å². The van der Waals surface area contributed by atoms with E-state index in [4.69, 9.17) is 9.47 Å². The number of nitrogens with one attached hydrogen (secondary N) is 2. The molecule has 0 radical (unpaired) electrons. The Bertz CT molecular complexity index is 615. The van der Waals surface area contributed by atoms with E-state index in [1.165, 1.54) is 31.2 Å². The van der Waals surface area contributed by atoms with Gasteiger partial charge < -0.3 is 20.1 Å². The Balaban J connectivity index is 0.00000300. The SMILES string of the molecule is CN=C(NCc1cccc(OCCN2CCOCC2)c1)NC1CCC(C)CC1.I. The zero-order valence-electron chi connectivity index (χ0n) is 17.9.